The fourth-order valence-corrected chi connectivity index (χ4v) is 2.94. The maximum atomic E-state index is 6.30. The van der Waals surface area contributed by atoms with Crippen molar-refractivity contribution in [1.29, 1.82) is 0 Å². The zero-order valence-corrected chi connectivity index (χ0v) is 12.5. The lowest BCUT2D eigenvalue weighted by Gasteiger charge is -2.11. The van der Waals surface area contributed by atoms with Crippen molar-refractivity contribution in [3.05, 3.63) is 53.1 Å². The molecule has 100 valence electrons. The SMILES string of the molecule is COc1ccccc1Sc1ccc(C(C)N)cc1Cl. The molecule has 4 heteroatoms. The van der Waals surface area contributed by atoms with Crippen LogP contribution >= 0.6 is 23.4 Å². The van der Waals surface area contributed by atoms with Crippen LogP contribution in [0, 0.1) is 0 Å². The number of methoxy groups -OCH3 is 1. The number of hydrogen-bond donors (Lipinski definition) is 1. The van der Waals surface area contributed by atoms with Crippen molar-refractivity contribution >= 4 is 23.4 Å². The standard InChI is InChI=1S/C15H16ClNOS/c1-10(17)11-7-8-14(12(16)9-11)19-15-6-4-3-5-13(15)18-2/h3-10H,17H2,1-2H3. The molecular formula is C15H16ClNOS. The number of nitrogens with two attached hydrogens (primary N) is 1. The minimum atomic E-state index is -0.0113. The van der Waals surface area contributed by atoms with Gasteiger partial charge < -0.3 is 10.5 Å². The number of hydrogen-bond acceptors (Lipinski definition) is 3. The molecule has 2 aromatic carbocycles. The van der Waals surface area contributed by atoms with E-state index in [2.05, 4.69) is 0 Å². The number of ether oxygens (including phenoxy) is 1. The van der Waals surface area contributed by atoms with Crippen LogP contribution in [0.25, 0.3) is 0 Å². The molecular weight excluding hydrogens is 278 g/mol. The van der Waals surface area contributed by atoms with Crippen LogP contribution < -0.4 is 10.5 Å². The van der Waals surface area contributed by atoms with Gasteiger partial charge in [0.2, 0.25) is 0 Å². The first-order valence-corrected chi connectivity index (χ1v) is 7.17. The summed E-state index contributed by atoms with van der Waals surface area (Å²) in [6.07, 6.45) is 0. The van der Waals surface area contributed by atoms with Crippen LogP contribution in [0.15, 0.2) is 52.3 Å². The number of para-hydroxylation sites is 1. The van der Waals surface area contributed by atoms with Crippen molar-refractivity contribution in [2.45, 2.75) is 22.8 Å². The van der Waals surface area contributed by atoms with Gasteiger partial charge in [0.05, 0.1) is 17.0 Å². The van der Waals surface area contributed by atoms with Gasteiger partial charge in [-0.25, -0.2) is 0 Å². The van der Waals surface area contributed by atoms with E-state index >= 15 is 0 Å². The molecule has 0 aliphatic carbocycles. The Balaban J connectivity index is 2.28. The smallest absolute Gasteiger partial charge is 0.132 e. The Hall–Kier alpha value is -1.16. The molecule has 0 radical (unpaired) electrons. The lowest BCUT2D eigenvalue weighted by Crippen LogP contribution is -2.04. The van der Waals surface area contributed by atoms with Crippen LogP contribution in [-0.2, 0) is 0 Å². The third-order valence-electron chi connectivity index (χ3n) is 2.77. The summed E-state index contributed by atoms with van der Waals surface area (Å²) in [5.41, 5.74) is 6.88. The summed E-state index contributed by atoms with van der Waals surface area (Å²) in [5.74, 6) is 0.847. The molecule has 0 aliphatic heterocycles. The van der Waals surface area contributed by atoms with Gasteiger partial charge in [0, 0.05) is 10.9 Å². The lowest BCUT2D eigenvalue weighted by atomic mass is 10.1. The van der Waals surface area contributed by atoms with Gasteiger partial charge in [-0.1, -0.05) is 41.6 Å². The molecule has 0 saturated heterocycles. The van der Waals surface area contributed by atoms with E-state index in [1.54, 1.807) is 18.9 Å². The molecule has 2 aromatic rings. The summed E-state index contributed by atoms with van der Waals surface area (Å²) < 4.78 is 5.34. The van der Waals surface area contributed by atoms with Gasteiger partial charge in [-0.2, -0.15) is 0 Å². The van der Waals surface area contributed by atoms with E-state index in [9.17, 15) is 0 Å². The number of halogens is 1. The van der Waals surface area contributed by atoms with Crippen LogP contribution in [0.4, 0.5) is 0 Å². The molecule has 0 fully saturated rings. The van der Waals surface area contributed by atoms with Crippen molar-refractivity contribution in [1.82, 2.24) is 0 Å². The summed E-state index contributed by atoms with van der Waals surface area (Å²) in [4.78, 5) is 2.04. The highest BCUT2D eigenvalue weighted by Gasteiger charge is 2.09. The Kier molecular flexibility index (Phi) is 4.75. The van der Waals surface area contributed by atoms with Gasteiger partial charge in [-0.15, -0.1) is 0 Å². The van der Waals surface area contributed by atoms with E-state index in [0.29, 0.717) is 5.02 Å². The normalized spacial score (nSPS) is 12.2. The first kappa shape index (κ1) is 14.3. The quantitative estimate of drug-likeness (QED) is 0.900. The van der Waals surface area contributed by atoms with Crippen LogP contribution in [-0.4, -0.2) is 7.11 Å². The van der Waals surface area contributed by atoms with E-state index < -0.39 is 0 Å². The largest absolute Gasteiger partial charge is 0.496 e. The molecule has 0 saturated carbocycles. The van der Waals surface area contributed by atoms with E-state index in [1.165, 1.54) is 0 Å². The zero-order valence-electron chi connectivity index (χ0n) is 10.9. The topological polar surface area (TPSA) is 35.2 Å². The van der Waals surface area contributed by atoms with Gasteiger partial charge in [0.1, 0.15) is 5.75 Å². The minimum absolute atomic E-state index is 0.0113. The first-order chi connectivity index (χ1) is 9.11. The molecule has 1 unspecified atom stereocenters. The third-order valence-corrected chi connectivity index (χ3v) is 4.33. The average Bonchev–Trinajstić information content (AvgIpc) is 2.41. The first-order valence-electron chi connectivity index (χ1n) is 5.97. The second kappa shape index (κ2) is 6.33. The number of benzene rings is 2. The summed E-state index contributed by atoms with van der Waals surface area (Å²) in [7, 11) is 1.67. The predicted molar refractivity (Wildman–Crippen MR) is 81.2 cm³/mol. The van der Waals surface area contributed by atoms with E-state index in [0.717, 1.165) is 21.1 Å². The maximum Gasteiger partial charge on any atom is 0.132 e. The van der Waals surface area contributed by atoms with Crippen LogP contribution in [0.5, 0.6) is 5.75 Å². The van der Waals surface area contributed by atoms with Gasteiger partial charge in [0.25, 0.3) is 0 Å². The Morgan fingerprint density at radius 3 is 2.53 bits per heavy atom. The minimum Gasteiger partial charge on any atom is -0.496 e. The van der Waals surface area contributed by atoms with Crippen molar-refractivity contribution in [3.8, 4) is 5.75 Å². The monoisotopic (exact) mass is 293 g/mol. The predicted octanol–water partition coefficient (Wildman–Crippen LogP) is 4.52. The van der Waals surface area contributed by atoms with Crippen LogP contribution in [0.3, 0.4) is 0 Å². The molecule has 0 amide bonds. The van der Waals surface area contributed by atoms with Crippen molar-refractivity contribution < 1.29 is 4.74 Å². The molecule has 0 aromatic heterocycles. The Morgan fingerprint density at radius 2 is 1.89 bits per heavy atom. The highest BCUT2D eigenvalue weighted by molar-refractivity contribution is 7.99. The van der Waals surface area contributed by atoms with Crippen molar-refractivity contribution in [2.24, 2.45) is 5.73 Å². The van der Waals surface area contributed by atoms with E-state index in [4.69, 9.17) is 22.1 Å². The second-order valence-corrected chi connectivity index (χ2v) is 5.72. The van der Waals surface area contributed by atoms with E-state index in [-0.39, 0.29) is 6.04 Å². The molecule has 2 N–H and O–H groups in total. The van der Waals surface area contributed by atoms with Crippen LogP contribution in [0.2, 0.25) is 5.02 Å². The summed E-state index contributed by atoms with van der Waals surface area (Å²) in [6, 6.07) is 13.8. The summed E-state index contributed by atoms with van der Waals surface area (Å²) in [6.45, 7) is 1.94. The molecule has 19 heavy (non-hydrogen) atoms. The molecule has 0 spiro atoms. The fraction of sp³-hybridized carbons (Fsp3) is 0.200. The second-order valence-electron chi connectivity index (χ2n) is 4.23. The van der Waals surface area contributed by atoms with Gasteiger partial charge >= 0.3 is 0 Å². The molecule has 2 nitrogen and oxygen atoms in total. The highest BCUT2D eigenvalue weighted by atomic mass is 35.5. The molecule has 0 bridgehead atoms. The Bertz CT molecular complexity index is 572. The third kappa shape index (κ3) is 3.44. The Labute approximate surface area is 122 Å². The van der Waals surface area contributed by atoms with Gasteiger partial charge in [0.15, 0.2) is 0 Å². The van der Waals surface area contributed by atoms with Gasteiger partial charge in [-0.05, 0) is 36.8 Å². The maximum absolute atomic E-state index is 6.30. The van der Waals surface area contributed by atoms with Gasteiger partial charge in [-0.3, -0.25) is 0 Å². The molecule has 0 heterocycles. The summed E-state index contributed by atoms with van der Waals surface area (Å²) in [5, 5.41) is 0.714. The van der Waals surface area contributed by atoms with E-state index in [1.807, 2.05) is 49.4 Å². The average molecular weight is 294 g/mol. The van der Waals surface area contributed by atoms with Crippen LogP contribution in [0.1, 0.15) is 18.5 Å². The van der Waals surface area contributed by atoms with Crippen molar-refractivity contribution in [3.63, 3.8) is 0 Å². The fourth-order valence-electron chi connectivity index (χ4n) is 1.70. The Morgan fingerprint density at radius 1 is 1.16 bits per heavy atom. The number of rotatable bonds is 4. The highest BCUT2D eigenvalue weighted by Crippen LogP contribution is 2.38. The molecule has 2 rings (SSSR count). The molecule has 1 atom stereocenters. The summed E-state index contributed by atoms with van der Waals surface area (Å²) >= 11 is 7.89. The van der Waals surface area contributed by atoms with Crippen molar-refractivity contribution in [2.75, 3.05) is 7.11 Å². The lowest BCUT2D eigenvalue weighted by molar-refractivity contribution is 0.405. The zero-order chi connectivity index (χ0) is 13.8. The molecule has 0 aliphatic rings.